The number of carboxylic acids is 2. The van der Waals surface area contributed by atoms with E-state index in [4.69, 9.17) is 5.11 Å². The third-order valence-corrected chi connectivity index (χ3v) is 7.79. The Morgan fingerprint density at radius 1 is 0.550 bits per heavy atom. The Hall–Kier alpha value is -1.06. The molecule has 0 aliphatic rings. The van der Waals surface area contributed by atoms with Crippen molar-refractivity contribution in [3.8, 4) is 0 Å². The third kappa shape index (κ3) is 31.5. The fourth-order valence-corrected chi connectivity index (χ4v) is 5.97. The van der Waals surface area contributed by atoms with E-state index in [1.54, 1.807) is 0 Å². The smallest absolute Gasteiger partial charge is 0.306 e. The molecule has 40 heavy (non-hydrogen) atoms. The molecule has 0 fully saturated rings. The van der Waals surface area contributed by atoms with Gasteiger partial charge in [-0.15, -0.1) is 0 Å². The van der Waals surface area contributed by atoms with Gasteiger partial charge < -0.3 is 10.2 Å². The number of carboxylic acid groups (broad SMARTS) is 2. The Balaban J connectivity index is 0. The van der Waals surface area contributed by atoms with Gasteiger partial charge in [0.25, 0.3) is 0 Å². The molecule has 0 amide bonds. The van der Waals surface area contributed by atoms with Crippen LogP contribution in [0.4, 0.5) is 0 Å². The molecular formula is C36H72O4. The number of unbranched alkanes of at least 4 members (excludes halogenated alkanes) is 11. The van der Waals surface area contributed by atoms with E-state index in [0.717, 1.165) is 44.4 Å². The van der Waals surface area contributed by atoms with Crippen LogP contribution < -0.4 is 0 Å². The van der Waals surface area contributed by atoms with Crippen molar-refractivity contribution in [3.63, 3.8) is 0 Å². The number of carbonyl (C=O) groups is 2. The van der Waals surface area contributed by atoms with E-state index in [9.17, 15) is 14.7 Å². The van der Waals surface area contributed by atoms with Crippen LogP contribution in [0.5, 0.6) is 0 Å². The van der Waals surface area contributed by atoms with Crippen LogP contribution in [0.25, 0.3) is 0 Å². The van der Waals surface area contributed by atoms with Crippen molar-refractivity contribution in [1.29, 1.82) is 0 Å². The van der Waals surface area contributed by atoms with Crippen LogP contribution >= 0.6 is 0 Å². The molecule has 0 heterocycles. The van der Waals surface area contributed by atoms with E-state index in [1.165, 1.54) is 70.6 Å². The molecular weight excluding hydrogens is 496 g/mol. The first-order chi connectivity index (χ1) is 18.4. The molecule has 0 rings (SSSR count). The van der Waals surface area contributed by atoms with E-state index in [2.05, 4.69) is 69.2 Å². The van der Waals surface area contributed by atoms with Crippen LogP contribution in [0.1, 0.15) is 185 Å². The van der Waals surface area contributed by atoms with Crippen LogP contribution in [0, 0.1) is 34.5 Å². The van der Waals surface area contributed by atoms with Gasteiger partial charge in [-0.2, -0.15) is 0 Å². The Morgan fingerprint density at radius 3 is 1.30 bits per heavy atom. The van der Waals surface area contributed by atoms with Crippen molar-refractivity contribution in [2.45, 2.75) is 185 Å². The fraction of sp³-hybridized carbons (Fsp3) is 0.944. The molecule has 3 unspecified atom stereocenters. The predicted octanol–water partition coefficient (Wildman–Crippen LogP) is 11.8. The monoisotopic (exact) mass is 569 g/mol. The van der Waals surface area contributed by atoms with E-state index in [-0.39, 0.29) is 17.3 Å². The Kier molecular flexibility index (Phi) is 24.1. The van der Waals surface area contributed by atoms with E-state index < -0.39 is 11.9 Å². The highest BCUT2D eigenvalue weighted by molar-refractivity contribution is 5.70. The topological polar surface area (TPSA) is 74.6 Å². The van der Waals surface area contributed by atoms with Crippen molar-refractivity contribution in [3.05, 3.63) is 0 Å². The van der Waals surface area contributed by atoms with Crippen LogP contribution in [0.2, 0.25) is 0 Å². The lowest BCUT2D eigenvalue weighted by Crippen LogP contribution is -2.26. The predicted molar refractivity (Wildman–Crippen MR) is 174 cm³/mol. The van der Waals surface area contributed by atoms with Gasteiger partial charge in [0.2, 0.25) is 0 Å². The van der Waals surface area contributed by atoms with Gasteiger partial charge in [-0.1, -0.05) is 146 Å². The molecule has 3 atom stereocenters. The first kappa shape index (κ1) is 41.1. The zero-order chi connectivity index (χ0) is 31.2. The molecule has 4 nitrogen and oxygen atoms in total. The SMILES string of the molecule is CC(C)CCCCCCCCCCCCCCC(=O)O.CC(CCC(C(=O)O)C(C)CC(C)(C)C)CC(C)(C)C. The summed E-state index contributed by atoms with van der Waals surface area (Å²) in [6.45, 7) is 22.3. The molecule has 0 aliphatic heterocycles. The minimum atomic E-state index is -0.654. The standard InChI is InChI=1S/2C18H36O2/c1-13(11-17(3,4)5)9-10-15(16(19)20)14(2)12-18(6,7)8;1-17(2)15-13-11-9-7-5-3-4-6-8-10-12-14-16-18(19)20/h13-15H,9-12H2,1-8H3,(H,19,20);17H,3-16H2,1-2H3,(H,19,20). The average Bonchev–Trinajstić information content (AvgIpc) is 2.76. The van der Waals surface area contributed by atoms with Crippen molar-refractivity contribution < 1.29 is 19.8 Å². The number of hydrogen-bond acceptors (Lipinski definition) is 2. The van der Waals surface area contributed by atoms with Gasteiger partial charge >= 0.3 is 11.9 Å². The van der Waals surface area contributed by atoms with Crippen LogP contribution in [0.3, 0.4) is 0 Å². The number of hydrogen-bond donors (Lipinski definition) is 2. The van der Waals surface area contributed by atoms with Crippen molar-refractivity contribution in [2.75, 3.05) is 0 Å². The second kappa shape index (κ2) is 23.5. The van der Waals surface area contributed by atoms with Crippen molar-refractivity contribution >= 4 is 11.9 Å². The minimum Gasteiger partial charge on any atom is -0.481 e. The largest absolute Gasteiger partial charge is 0.481 e. The summed E-state index contributed by atoms with van der Waals surface area (Å²) in [5.74, 6) is 0.235. The average molecular weight is 569 g/mol. The highest BCUT2D eigenvalue weighted by Gasteiger charge is 2.28. The van der Waals surface area contributed by atoms with Crippen LogP contribution in [0.15, 0.2) is 0 Å². The minimum absolute atomic E-state index is 0.198. The van der Waals surface area contributed by atoms with E-state index in [1.807, 2.05) is 0 Å². The molecule has 0 radical (unpaired) electrons. The molecule has 240 valence electrons. The van der Waals surface area contributed by atoms with Gasteiger partial charge in [-0.05, 0) is 60.7 Å². The van der Waals surface area contributed by atoms with Gasteiger partial charge in [0.1, 0.15) is 0 Å². The van der Waals surface area contributed by atoms with E-state index >= 15 is 0 Å². The summed E-state index contributed by atoms with van der Waals surface area (Å²) in [6, 6.07) is 0. The number of aliphatic carboxylic acids is 2. The molecule has 0 aromatic carbocycles. The molecule has 0 aromatic heterocycles. The molecule has 0 spiro atoms. The molecule has 0 aromatic rings. The molecule has 0 bridgehead atoms. The van der Waals surface area contributed by atoms with Gasteiger partial charge in [0, 0.05) is 6.42 Å². The summed E-state index contributed by atoms with van der Waals surface area (Å²) in [5.41, 5.74) is 0.527. The lowest BCUT2D eigenvalue weighted by Gasteiger charge is -2.29. The number of rotatable bonds is 22. The summed E-state index contributed by atoms with van der Waals surface area (Å²) in [7, 11) is 0. The maximum Gasteiger partial charge on any atom is 0.306 e. The van der Waals surface area contributed by atoms with E-state index in [0.29, 0.717) is 17.8 Å². The fourth-order valence-electron chi connectivity index (χ4n) is 5.97. The lowest BCUT2D eigenvalue weighted by atomic mass is 9.76. The summed E-state index contributed by atoms with van der Waals surface area (Å²) in [4.78, 5) is 21.9. The van der Waals surface area contributed by atoms with Crippen molar-refractivity contribution in [2.24, 2.45) is 34.5 Å². The normalized spacial score (nSPS) is 14.4. The second-order valence-electron chi connectivity index (χ2n) is 15.7. The maximum atomic E-state index is 11.5. The first-order valence-corrected chi connectivity index (χ1v) is 16.9. The highest BCUT2D eigenvalue weighted by atomic mass is 16.4. The molecule has 0 saturated heterocycles. The van der Waals surface area contributed by atoms with Crippen LogP contribution in [-0.4, -0.2) is 22.2 Å². The Bertz CT molecular complexity index is 611. The highest BCUT2D eigenvalue weighted by Crippen LogP contribution is 2.33. The maximum absolute atomic E-state index is 11.5. The quantitative estimate of drug-likeness (QED) is 0.127. The third-order valence-electron chi connectivity index (χ3n) is 7.79. The second-order valence-corrected chi connectivity index (χ2v) is 15.7. The molecule has 4 heteroatoms. The summed E-state index contributed by atoms with van der Waals surface area (Å²) in [5, 5.41) is 18.0. The lowest BCUT2D eigenvalue weighted by molar-refractivity contribution is -0.144. The van der Waals surface area contributed by atoms with Gasteiger partial charge in [0.15, 0.2) is 0 Å². The zero-order valence-electron chi connectivity index (χ0n) is 28.7. The van der Waals surface area contributed by atoms with Gasteiger partial charge in [-0.25, -0.2) is 0 Å². The van der Waals surface area contributed by atoms with Gasteiger partial charge in [-0.3, -0.25) is 9.59 Å². The van der Waals surface area contributed by atoms with Crippen molar-refractivity contribution in [1.82, 2.24) is 0 Å². The van der Waals surface area contributed by atoms with Gasteiger partial charge in [0.05, 0.1) is 5.92 Å². The molecule has 0 saturated carbocycles. The first-order valence-electron chi connectivity index (χ1n) is 16.9. The van der Waals surface area contributed by atoms with Crippen LogP contribution in [-0.2, 0) is 9.59 Å². The zero-order valence-corrected chi connectivity index (χ0v) is 28.7. The summed E-state index contributed by atoms with van der Waals surface area (Å²) < 4.78 is 0. The Labute approximate surface area is 250 Å². The molecule has 0 aliphatic carbocycles. The Morgan fingerprint density at radius 2 is 0.950 bits per heavy atom. The summed E-state index contributed by atoms with van der Waals surface area (Å²) in [6.07, 6.45) is 21.3. The summed E-state index contributed by atoms with van der Waals surface area (Å²) >= 11 is 0. The molecule has 2 N–H and O–H groups in total.